The van der Waals surface area contributed by atoms with Crippen LogP contribution in [0.25, 0.3) is 10.9 Å². The summed E-state index contributed by atoms with van der Waals surface area (Å²) in [6.45, 7) is 1.94. The van der Waals surface area contributed by atoms with Crippen LogP contribution in [0.5, 0.6) is 0 Å². The smallest absolute Gasteiger partial charge is 0.261 e. The number of rotatable bonds is 5. The third kappa shape index (κ3) is 3.16. The zero-order valence-corrected chi connectivity index (χ0v) is 12.1. The highest BCUT2D eigenvalue weighted by Crippen LogP contribution is 2.11. The van der Waals surface area contributed by atoms with E-state index in [1.807, 2.05) is 0 Å². The molecule has 2 N–H and O–H groups in total. The molecular weight excluding hydrogens is 278 g/mol. The third-order valence-electron chi connectivity index (χ3n) is 3.14. The summed E-state index contributed by atoms with van der Waals surface area (Å²) in [5.74, 6) is 0.194. The van der Waals surface area contributed by atoms with Crippen molar-refractivity contribution in [2.75, 3.05) is 17.2 Å². The second-order valence-corrected chi connectivity index (χ2v) is 7.08. The molecule has 2 aromatic rings. The predicted octanol–water partition coefficient (Wildman–Crippen LogP) is 0.803. The summed E-state index contributed by atoms with van der Waals surface area (Å²) in [6, 6.07) is 4.97. The minimum Gasteiger partial charge on any atom is -0.399 e. The average Bonchev–Trinajstić information content (AvgIpc) is 2.42. The molecule has 0 radical (unpaired) electrons. The van der Waals surface area contributed by atoms with Gasteiger partial charge in [-0.15, -0.1) is 0 Å². The molecular formula is C13H17N3O3S. The van der Waals surface area contributed by atoms with E-state index in [2.05, 4.69) is 4.98 Å². The first-order chi connectivity index (χ1) is 9.43. The van der Waals surface area contributed by atoms with E-state index in [9.17, 15) is 13.2 Å². The van der Waals surface area contributed by atoms with Crippen molar-refractivity contribution >= 4 is 26.4 Å². The van der Waals surface area contributed by atoms with Gasteiger partial charge in [-0.25, -0.2) is 13.4 Å². The number of nitrogens with zero attached hydrogens (tertiary/aromatic N) is 2. The number of benzene rings is 1. The summed E-state index contributed by atoms with van der Waals surface area (Å²) in [7, 11) is -3.01. The highest BCUT2D eigenvalue weighted by Gasteiger charge is 2.08. The molecule has 0 bridgehead atoms. The Labute approximate surface area is 117 Å². The van der Waals surface area contributed by atoms with Crippen molar-refractivity contribution < 1.29 is 8.42 Å². The van der Waals surface area contributed by atoms with Gasteiger partial charge in [-0.1, -0.05) is 6.92 Å². The van der Waals surface area contributed by atoms with Crippen LogP contribution in [0.4, 0.5) is 5.69 Å². The number of aryl methyl sites for hydroxylation is 1. The molecule has 20 heavy (non-hydrogen) atoms. The Hall–Kier alpha value is -1.89. The van der Waals surface area contributed by atoms with E-state index >= 15 is 0 Å². The van der Waals surface area contributed by atoms with Gasteiger partial charge in [-0.05, 0) is 24.6 Å². The SMILES string of the molecule is CCS(=O)(=O)CCCn1cnc2ccc(N)cc2c1=O. The second-order valence-electron chi connectivity index (χ2n) is 4.61. The van der Waals surface area contributed by atoms with E-state index in [-0.39, 0.29) is 17.1 Å². The quantitative estimate of drug-likeness (QED) is 0.823. The molecule has 6 nitrogen and oxygen atoms in total. The molecule has 0 aliphatic rings. The van der Waals surface area contributed by atoms with Crippen molar-refractivity contribution in [3.63, 3.8) is 0 Å². The molecule has 2 rings (SSSR count). The van der Waals surface area contributed by atoms with Gasteiger partial charge in [0.2, 0.25) is 0 Å². The first-order valence-corrected chi connectivity index (χ1v) is 8.20. The van der Waals surface area contributed by atoms with Crippen LogP contribution in [-0.4, -0.2) is 29.5 Å². The van der Waals surface area contributed by atoms with E-state index in [0.717, 1.165) is 0 Å². The maximum absolute atomic E-state index is 12.2. The minimum atomic E-state index is -3.01. The van der Waals surface area contributed by atoms with Crippen LogP contribution < -0.4 is 11.3 Å². The van der Waals surface area contributed by atoms with Crippen molar-refractivity contribution in [3.05, 3.63) is 34.9 Å². The monoisotopic (exact) mass is 295 g/mol. The highest BCUT2D eigenvalue weighted by atomic mass is 32.2. The summed E-state index contributed by atoms with van der Waals surface area (Å²) in [4.78, 5) is 16.4. The van der Waals surface area contributed by atoms with Gasteiger partial charge in [0.05, 0.1) is 23.0 Å². The fourth-order valence-corrected chi connectivity index (χ4v) is 2.79. The van der Waals surface area contributed by atoms with E-state index < -0.39 is 9.84 Å². The van der Waals surface area contributed by atoms with E-state index in [4.69, 9.17) is 5.73 Å². The molecule has 0 fully saturated rings. The first-order valence-electron chi connectivity index (χ1n) is 6.38. The van der Waals surface area contributed by atoms with Gasteiger partial charge in [0, 0.05) is 18.0 Å². The lowest BCUT2D eigenvalue weighted by Crippen LogP contribution is -2.22. The second kappa shape index (κ2) is 5.62. The third-order valence-corrected chi connectivity index (χ3v) is 4.93. The van der Waals surface area contributed by atoms with Gasteiger partial charge >= 0.3 is 0 Å². The zero-order valence-electron chi connectivity index (χ0n) is 11.2. The lowest BCUT2D eigenvalue weighted by molar-refractivity contribution is 0.584. The molecule has 0 spiro atoms. The lowest BCUT2D eigenvalue weighted by Gasteiger charge is -2.07. The Morgan fingerprint density at radius 2 is 2.10 bits per heavy atom. The Morgan fingerprint density at radius 3 is 2.80 bits per heavy atom. The minimum absolute atomic E-state index is 0.0743. The molecule has 1 aromatic heterocycles. The summed E-state index contributed by atoms with van der Waals surface area (Å²) in [5, 5.41) is 0.450. The van der Waals surface area contributed by atoms with Crippen molar-refractivity contribution in [1.82, 2.24) is 9.55 Å². The van der Waals surface area contributed by atoms with E-state index in [1.54, 1.807) is 25.1 Å². The maximum atomic E-state index is 12.2. The van der Waals surface area contributed by atoms with Crippen LogP contribution in [0.2, 0.25) is 0 Å². The summed E-state index contributed by atoms with van der Waals surface area (Å²) in [6.07, 6.45) is 1.84. The molecule has 7 heteroatoms. The Kier molecular flexibility index (Phi) is 4.08. The standard InChI is InChI=1S/C13H17N3O3S/c1-2-20(18,19)7-3-6-16-9-15-12-5-4-10(14)8-11(12)13(16)17/h4-5,8-9H,2-3,6-7,14H2,1H3. The molecule has 0 atom stereocenters. The van der Waals surface area contributed by atoms with Crippen molar-refractivity contribution in [3.8, 4) is 0 Å². The molecule has 0 saturated heterocycles. The number of anilines is 1. The van der Waals surface area contributed by atoms with Gasteiger partial charge in [0.1, 0.15) is 9.84 Å². The van der Waals surface area contributed by atoms with Crippen LogP contribution in [0.15, 0.2) is 29.3 Å². The normalized spacial score (nSPS) is 11.8. The van der Waals surface area contributed by atoms with Crippen LogP contribution >= 0.6 is 0 Å². The fourth-order valence-electron chi connectivity index (χ4n) is 1.94. The number of hydrogen-bond acceptors (Lipinski definition) is 5. The molecule has 1 aromatic carbocycles. The molecule has 0 saturated carbocycles. The zero-order chi connectivity index (χ0) is 14.8. The van der Waals surface area contributed by atoms with E-state index in [1.165, 1.54) is 10.9 Å². The fraction of sp³-hybridized carbons (Fsp3) is 0.385. The van der Waals surface area contributed by atoms with Gasteiger partial charge in [0.25, 0.3) is 5.56 Å². The first kappa shape index (κ1) is 14.5. The van der Waals surface area contributed by atoms with Crippen LogP contribution in [0.1, 0.15) is 13.3 Å². The van der Waals surface area contributed by atoms with Crippen molar-refractivity contribution in [2.45, 2.75) is 19.9 Å². The maximum Gasteiger partial charge on any atom is 0.261 e. The van der Waals surface area contributed by atoms with Crippen LogP contribution in [0, 0.1) is 0 Å². The number of hydrogen-bond donors (Lipinski definition) is 1. The Morgan fingerprint density at radius 1 is 1.35 bits per heavy atom. The summed E-state index contributed by atoms with van der Waals surface area (Å²) < 4.78 is 24.2. The number of nitrogens with two attached hydrogens (primary N) is 1. The number of nitrogen functional groups attached to an aromatic ring is 1. The summed E-state index contributed by atoms with van der Waals surface area (Å²) >= 11 is 0. The summed E-state index contributed by atoms with van der Waals surface area (Å²) in [5.41, 5.74) is 6.55. The van der Waals surface area contributed by atoms with Crippen LogP contribution in [0.3, 0.4) is 0 Å². The Balaban J connectivity index is 2.23. The van der Waals surface area contributed by atoms with Gasteiger partial charge in [-0.2, -0.15) is 0 Å². The van der Waals surface area contributed by atoms with Crippen molar-refractivity contribution in [2.24, 2.45) is 0 Å². The molecule has 0 unspecified atom stereocenters. The largest absolute Gasteiger partial charge is 0.399 e. The number of aromatic nitrogens is 2. The van der Waals surface area contributed by atoms with Gasteiger partial charge in [0.15, 0.2) is 0 Å². The number of fused-ring (bicyclic) bond motifs is 1. The van der Waals surface area contributed by atoms with Gasteiger partial charge < -0.3 is 5.73 Å². The molecule has 0 aliphatic carbocycles. The van der Waals surface area contributed by atoms with Crippen LogP contribution in [-0.2, 0) is 16.4 Å². The topological polar surface area (TPSA) is 95.1 Å². The predicted molar refractivity (Wildman–Crippen MR) is 79.4 cm³/mol. The van der Waals surface area contributed by atoms with Gasteiger partial charge in [-0.3, -0.25) is 9.36 Å². The van der Waals surface area contributed by atoms with E-state index in [0.29, 0.717) is 29.6 Å². The molecule has 0 aliphatic heterocycles. The highest BCUT2D eigenvalue weighted by molar-refractivity contribution is 7.91. The molecule has 1 heterocycles. The lowest BCUT2D eigenvalue weighted by atomic mass is 10.2. The molecule has 108 valence electrons. The average molecular weight is 295 g/mol. The van der Waals surface area contributed by atoms with Crippen molar-refractivity contribution in [1.29, 1.82) is 0 Å². The number of sulfone groups is 1. The Bertz CT molecular complexity index is 781. The molecule has 0 amide bonds.